The number of carboxylic acids is 3. The number of hydrogen-bond acceptors (Lipinski definition) is 5. The number of carboxylic acid groups (broad SMARTS) is 3. The second kappa shape index (κ2) is 9.16. The summed E-state index contributed by atoms with van der Waals surface area (Å²) in [6.07, 6.45) is -1.45. The quantitative estimate of drug-likeness (QED) is 0.526. The lowest BCUT2D eigenvalue weighted by Crippen LogP contribution is -2.47. The molecule has 0 spiro atoms. The first kappa shape index (κ1) is 22.1. The molecule has 0 saturated carbocycles. The number of ether oxygens (including phenoxy) is 1. The van der Waals surface area contributed by atoms with Crippen LogP contribution in [0.15, 0.2) is 24.3 Å². The Balaban J connectivity index is 3.04. The number of carbonyl (C=O) groups excluding carboxylic acids is 1. The number of rotatable bonds is 10. The van der Waals surface area contributed by atoms with Crippen molar-refractivity contribution in [2.24, 2.45) is 5.92 Å². The zero-order valence-corrected chi connectivity index (χ0v) is 15.5. The van der Waals surface area contributed by atoms with Crippen molar-refractivity contribution < 1.29 is 39.2 Å². The summed E-state index contributed by atoms with van der Waals surface area (Å²) in [6.45, 7) is 5.63. The normalized spacial score (nSPS) is 12.4. The minimum Gasteiger partial charge on any atom is -0.481 e. The van der Waals surface area contributed by atoms with Crippen molar-refractivity contribution in [1.82, 2.24) is 0 Å². The van der Waals surface area contributed by atoms with E-state index < -0.39 is 48.2 Å². The third kappa shape index (κ3) is 6.40. The average Bonchev–Trinajstić information content (AvgIpc) is 2.52. The molecule has 1 aromatic rings. The lowest BCUT2D eigenvalue weighted by molar-refractivity contribution is -0.186. The van der Waals surface area contributed by atoms with E-state index in [1.165, 1.54) is 6.92 Å². The predicted octanol–water partition coefficient (Wildman–Crippen LogP) is 2.30. The first-order valence-corrected chi connectivity index (χ1v) is 8.45. The molecule has 0 aliphatic rings. The largest absolute Gasteiger partial charge is 0.481 e. The minimum atomic E-state index is -2.67. The number of esters is 1. The highest BCUT2D eigenvalue weighted by atomic mass is 16.6. The standard InChI is InChI=1S/C19H24O8/c1-11(2)8-13-4-6-14(7-5-13)12(3)17(24)27-19(18(25)26,9-15(20)21)10-16(22)23/h4-7,11-12H,8-10H2,1-3H3,(H,20,21)(H,22,23)(H,25,26). The van der Waals surface area contributed by atoms with Crippen molar-refractivity contribution in [3.8, 4) is 0 Å². The van der Waals surface area contributed by atoms with Crippen LogP contribution < -0.4 is 0 Å². The number of benzene rings is 1. The minimum absolute atomic E-state index is 0.460. The summed E-state index contributed by atoms with van der Waals surface area (Å²) in [7, 11) is 0. The topological polar surface area (TPSA) is 138 Å². The molecule has 3 N–H and O–H groups in total. The van der Waals surface area contributed by atoms with Gasteiger partial charge < -0.3 is 20.1 Å². The fourth-order valence-corrected chi connectivity index (χ4v) is 2.65. The molecule has 0 heterocycles. The van der Waals surface area contributed by atoms with Gasteiger partial charge in [0.15, 0.2) is 0 Å². The van der Waals surface area contributed by atoms with E-state index in [2.05, 4.69) is 13.8 Å². The SMILES string of the molecule is CC(C)Cc1ccc(C(C)C(=O)OC(CC(=O)O)(CC(=O)O)C(=O)O)cc1. The fraction of sp³-hybridized carbons (Fsp3) is 0.474. The van der Waals surface area contributed by atoms with Crippen molar-refractivity contribution >= 4 is 23.9 Å². The van der Waals surface area contributed by atoms with Crippen LogP contribution in [-0.2, 0) is 30.3 Å². The zero-order chi connectivity index (χ0) is 20.8. The second-order valence-electron chi connectivity index (χ2n) is 6.92. The van der Waals surface area contributed by atoms with Gasteiger partial charge in [0.05, 0.1) is 18.8 Å². The number of carbonyl (C=O) groups is 4. The van der Waals surface area contributed by atoms with Gasteiger partial charge >= 0.3 is 23.9 Å². The van der Waals surface area contributed by atoms with Gasteiger partial charge in [-0.25, -0.2) is 4.79 Å². The molecular weight excluding hydrogens is 356 g/mol. The van der Waals surface area contributed by atoms with Gasteiger partial charge in [0.2, 0.25) is 5.60 Å². The molecule has 0 amide bonds. The van der Waals surface area contributed by atoms with E-state index >= 15 is 0 Å². The molecule has 0 aliphatic heterocycles. The van der Waals surface area contributed by atoms with Crippen LogP contribution in [0.5, 0.6) is 0 Å². The highest BCUT2D eigenvalue weighted by Crippen LogP contribution is 2.27. The molecule has 0 aromatic heterocycles. The average molecular weight is 380 g/mol. The van der Waals surface area contributed by atoms with E-state index in [0.29, 0.717) is 11.5 Å². The van der Waals surface area contributed by atoms with Crippen molar-refractivity contribution in [3.05, 3.63) is 35.4 Å². The van der Waals surface area contributed by atoms with E-state index in [-0.39, 0.29) is 0 Å². The summed E-state index contributed by atoms with van der Waals surface area (Å²) in [4.78, 5) is 45.9. The summed E-state index contributed by atoms with van der Waals surface area (Å²) < 4.78 is 4.93. The highest BCUT2D eigenvalue weighted by Gasteiger charge is 2.47. The summed E-state index contributed by atoms with van der Waals surface area (Å²) in [5.41, 5.74) is -1.04. The maximum absolute atomic E-state index is 12.4. The molecule has 0 aliphatic carbocycles. The van der Waals surface area contributed by atoms with E-state index in [1.54, 1.807) is 12.1 Å². The maximum atomic E-state index is 12.4. The van der Waals surface area contributed by atoms with Gasteiger partial charge in [-0.2, -0.15) is 0 Å². The first-order chi connectivity index (χ1) is 12.5. The van der Waals surface area contributed by atoms with Crippen LogP contribution in [0.4, 0.5) is 0 Å². The Hall–Kier alpha value is -2.90. The molecule has 1 aromatic carbocycles. The van der Waals surface area contributed by atoms with Gasteiger partial charge in [0.1, 0.15) is 0 Å². The third-order valence-corrected chi connectivity index (χ3v) is 4.04. The van der Waals surface area contributed by atoms with Crippen LogP contribution in [0.1, 0.15) is 50.7 Å². The predicted molar refractivity (Wildman–Crippen MR) is 94.4 cm³/mol. The van der Waals surface area contributed by atoms with Crippen LogP contribution in [-0.4, -0.2) is 44.8 Å². The van der Waals surface area contributed by atoms with E-state index in [4.69, 9.17) is 14.9 Å². The van der Waals surface area contributed by atoms with Crippen LogP contribution >= 0.6 is 0 Å². The molecule has 0 radical (unpaired) electrons. The molecule has 0 saturated heterocycles. The number of aliphatic carboxylic acids is 3. The molecule has 148 valence electrons. The summed E-state index contributed by atoms with van der Waals surface area (Å²) in [5.74, 6) is -6.42. The van der Waals surface area contributed by atoms with Gasteiger partial charge in [-0.15, -0.1) is 0 Å². The Kier molecular flexibility index (Phi) is 7.51. The van der Waals surface area contributed by atoms with Crippen LogP contribution in [0.2, 0.25) is 0 Å². The summed E-state index contributed by atoms with van der Waals surface area (Å²) in [5, 5.41) is 27.2. The molecular formula is C19H24O8. The molecule has 1 rings (SSSR count). The Morgan fingerprint density at radius 3 is 1.78 bits per heavy atom. The molecule has 1 unspecified atom stereocenters. The van der Waals surface area contributed by atoms with Crippen LogP contribution in [0, 0.1) is 5.92 Å². The van der Waals surface area contributed by atoms with Gasteiger partial charge in [0.25, 0.3) is 0 Å². The molecule has 0 bridgehead atoms. The van der Waals surface area contributed by atoms with Crippen LogP contribution in [0.3, 0.4) is 0 Å². The smallest absolute Gasteiger partial charge is 0.349 e. The maximum Gasteiger partial charge on any atom is 0.349 e. The Morgan fingerprint density at radius 1 is 0.926 bits per heavy atom. The number of hydrogen-bond donors (Lipinski definition) is 3. The lowest BCUT2D eigenvalue weighted by atomic mass is 9.93. The van der Waals surface area contributed by atoms with Crippen molar-refractivity contribution in [2.75, 3.05) is 0 Å². The van der Waals surface area contributed by atoms with E-state index in [0.717, 1.165) is 12.0 Å². The Morgan fingerprint density at radius 2 is 1.41 bits per heavy atom. The van der Waals surface area contributed by atoms with Gasteiger partial charge in [-0.05, 0) is 30.4 Å². The Labute approximate surface area is 156 Å². The fourth-order valence-electron chi connectivity index (χ4n) is 2.65. The molecule has 8 nitrogen and oxygen atoms in total. The lowest BCUT2D eigenvalue weighted by Gasteiger charge is -2.27. The van der Waals surface area contributed by atoms with Gasteiger partial charge in [0, 0.05) is 0 Å². The Bertz CT molecular complexity index is 689. The zero-order valence-electron chi connectivity index (χ0n) is 15.5. The van der Waals surface area contributed by atoms with Gasteiger partial charge in [-0.1, -0.05) is 38.1 Å². The van der Waals surface area contributed by atoms with Crippen molar-refractivity contribution in [3.63, 3.8) is 0 Å². The van der Waals surface area contributed by atoms with Crippen molar-refractivity contribution in [2.45, 2.75) is 51.6 Å². The molecule has 0 fully saturated rings. The molecule has 1 atom stereocenters. The van der Waals surface area contributed by atoms with Crippen molar-refractivity contribution in [1.29, 1.82) is 0 Å². The van der Waals surface area contributed by atoms with E-state index in [9.17, 15) is 24.3 Å². The third-order valence-electron chi connectivity index (χ3n) is 4.04. The molecule has 27 heavy (non-hydrogen) atoms. The summed E-state index contributed by atoms with van der Waals surface area (Å²) in [6, 6.07) is 7.11. The monoisotopic (exact) mass is 380 g/mol. The second-order valence-corrected chi connectivity index (χ2v) is 6.92. The highest BCUT2D eigenvalue weighted by molar-refractivity contribution is 5.91. The van der Waals surface area contributed by atoms with E-state index in [1.807, 2.05) is 12.1 Å². The summed E-state index contributed by atoms with van der Waals surface area (Å²) >= 11 is 0. The van der Waals surface area contributed by atoms with Crippen LogP contribution in [0.25, 0.3) is 0 Å². The molecule has 8 heteroatoms. The first-order valence-electron chi connectivity index (χ1n) is 8.45. The van der Waals surface area contributed by atoms with Gasteiger partial charge in [-0.3, -0.25) is 14.4 Å².